The Labute approximate surface area is 219 Å². The van der Waals surface area contributed by atoms with Crippen LogP contribution in [-0.4, -0.2) is 58.8 Å². The molecule has 0 unspecified atom stereocenters. The minimum Gasteiger partial charge on any atom is -0.304 e. The van der Waals surface area contributed by atoms with Gasteiger partial charge < -0.3 is 4.90 Å². The van der Waals surface area contributed by atoms with Gasteiger partial charge in [0.25, 0.3) is 0 Å². The molecule has 1 aliphatic heterocycles. The Morgan fingerprint density at radius 3 is 2.51 bits per heavy atom. The Balaban J connectivity index is 1.24. The molecule has 188 valence electrons. The maximum atomic E-state index is 13.1. The minimum atomic E-state index is 0.146. The molecule has 1 saturated heterocycles. The number of aromatic nitrogens is 3. The SMILES string of the molecule is Cc1ccc(CC(=O)c2ccc(CN3CCN(C)CC3)cc2)cc1Cc1c[n+](-c2cccnc2)ccn1. The highest BCUT2D eigenvalue weighted by Gasteiger charge is 2.15. The third kappa shape index (κ3) is 6.53. The molecule has 0 atom stereocenters. The van der Waals surface area contributed by atoms with Gasteiger partial charge in [0, 0.05) is 63.4 Å². The van der Waals surface area contributed by atoms with Crippen molar-refractivity contribution in [1.29, 1.82) is 0 Å². The van der Waals surface area contributed by atoms with Crippen LogP contribution in [0.5, 0.6) is 0 Å². The maximum absolute atomic E-state index is 13.1. The molecule has 37 heavy (non-hydrogen) atoms. The number of piperazine rings is 1. The summed E-state index contributed by atoms with van der Waals surface area (Å²) in [7, 11) is 2.17. The number of carbonyl (C=O) groups is 1. The monoisotopic (exact) mass is 492 g/mol. The highest BCUT2D eigenvalue weighted by molar-refractivity contribution is 5.97. The van der Waals surface area contributed by atoms with Gasteiger partial charge >= 0.3 is 0 Å². The second kappa shape index (κ2) is 11.5. The van der Waals surface area contributed by atoms with E-state index in [1.54, 1.807) is 6.20 Å². The van der Waals surface area contributed by atoms with Gasteiger partial charge in [-0.2, -0.15) is 4.57 Å². The molecule has 6 heteroatoms. The van der Waals surface area contributed by atoms with E-state index >= 15 is 0 Å². The van der Waals surface area contributed by atoms with Gasteiger partial charge in [-0.05, 0) is 42.3 Å². The van der Waals surface area contributed by atoms with E-state index in [9.17, 15) is 4.79 Å². The number of likely N-dealkylation sites (N-methyl/N-ethyl adjacent to an activating group) is 1. The number of ketones is 1. The largest absolute Gasteiger partial charge is 0.304 e. The van der Waals surface area contributed by atoms with Crippen molar-refractivity contribution in [1.82, 2.24) is 19.8 Å². The van der Waals surface area contributed by atoms with E-state index in [2.05, 4.69) is 64.1 Å². The van der Waals surface area contributed by atoms with Crippen molar-refractivity contribution in [2.24, 2.45) is 0 Å². The first-order valence-corrected chi connectivity index (χ1v) is 12.9. The second-order valence-electron chi connectivity index (χ2n) is 9.98. The maximum Gasteiger partial charge on any atom is 0.229 e. The Bertz CT molecular complexity index is 1350. The average Bonchev–Trinajstić information content (AvgIpc) is 2.93. The first kappa shape index (κ1) is 24.9. The number of rotatable bonds is 8. The summed E-state index contributed by atoms with van der Waals surface area (Å²) in [4.78, 5) is 26.7. The summed E-state index contributed by atoms with van der Waals surface area (Å²) in [6, 6.07) is 18.4. The molecule has 4 aromatic rings. The summed E-state index contributed by atoms with van der Waals surface area (Å²) >= 11 is 0. The molecule has 5 rings (SSSR count). The zero-order chi connectivity index (χ0) is 25.6. The number of benzene rings is 2. The molecule has 3 heterocycles. The quantitative estimate of drug-likeness (QED) is 0.277. The van der Waals surface area contributed by atoms with Gasteiger partial charge in [-0.3, -0.25) is 14.7 Å². The fourth-order valence-electron chi connectivity index (χ4n) is 4.76. The highest BCUT2D eigenvalue weighted by Crippen LogP contribution is 2.17. The van der Waals surface area contributed by atoms with E-state index in [1.165, 1.54) is 16.7 Å². The van der Waals surface area contributed by atoms with Crippen molar-refractivity contribution >= 4 is 5.78 Å². The molecular formula is C31H34N5O+. The molecule has 0 amide bonds. The molecule has 0 N–H and O–H groups in total. The summed E-state index contributed by atoms with van der Waals surface area (Å²) in [5.74, 6) is 0.146. The highest BCUT2D eigenvalue weighted by atomic mass is 16.1. The third-order valence-electron chi connectivity index (χ3n) is 7.13. The van der Waals surface area contributed by atoms with E-state index in [0.29, 0.717) is 12.8 Å². The Hall–Kier alpha value is -3.74. The Kier molecular flexibility index (Phi) is 7.78. The smallest absolute Gasteiger partial charge is 0.229 e. The van der Waals surface area contributed by atoms with Crippen LogP contribution in [0.4, 0.5) is 0 Å². The van der Waals surface area contributed by atoms with Crippen LogP contribution in [0.1, 0.15) is 38.3 Å². The summed E-state index contributed by atoms with van der Waals surface area (Å²) in [5.41, 5.74) is 7.41. The lowest BCUT2D eigenvalue weighted by molar-refractivity contribution is -0.597. The predicted molar refractivity (Wildman–Crippen MR) is 145 cm³/mol. The Morgan fingerprint density at radius 1 is 0.973 bits per heavy atom. The van der Waals surface area contributed by atoms with Crippen LogP contribution in [0.15, 0.2) is 85.6 Å². The summed E-state index contributed by atoms with van der Waals surface area (Å²) in [6.07, 6.45) is 10.5. The number of hydrogen-bond acceptors (Lipinski definition) is 5. The van der Waals surface area contributed by atoms with Gasteiger partial charge in [-0.25, -0.2) is 4.98 Å². The first-order valence-electron chi connectivity index (χ1n) is 12.9. The molecule has 0 saturated carbocycles. The number of hydrogen-bond donors (Lipinski definition) is 0. The lowest BCUT2D eigenvalue weighted by Crippen LogP contribution is -2.43. The van der Waals surface area contributed by atoms with Crippen LogP contribution in [-0.2, 0) is 19.4 Å². The molecule has 0 radical (unpaired) electrons. The number of nitrogens with zero attached hydrogens (tertiary/aromatic N) is 5. The summed E-state index contributed by atoms with van der Waals surface area (Å²) in [5, 5.41) is 0. The molecule has 6 nitrogen and oxygen atoms in total. The van der Waals surface area contributed by atoms with E-state index in [1.807, 2.05) is 53.6 Å². The molecule has 0 spiro atoms. The van der Waals surface area contributed by atoms with E-state index in [-0.39, 0.29) is 5.78 Å². The Morgan fingerprint density at radius 2 is 1.76 bits per heavy atom. The van der Waals surface area contributed by atoms with Gasteiger partial charge in [0.05, 0.1) is 12.4 Å². The summed E-state index contributed by atoms with van der Waals surface area (Å²) in [6.45, 7) is 7.46. The average molecular weight is 493 g/mol. The lowest BCUT2D eigenvalue weighted by Gasteiger charge is -2.32. The number of pyridine rings is 1. The zero-order valence-electron chi connectivity index (χ0n) is 21.7. The number of carbonyl (C=O) groups excluding carboxylic acids is 1. The van der Waals surface area contributed by atoms with Gasteiger partial charge in [-0.15, -0.1) is 0 Å². The van der Waals surface area contributed by atoms with Crippen molar-refractivity contribution in [3.05, 3.63) is 119 Å². The molecule has 0 bridgehead atoms. The van der Waals surface area contributed by atoms with Crippen molar-refractivity contribution in [2.45, 2.75) is 26.3 Å². The molecular weight excluding hydrogens is 458 g/mol. The predicted octanol–water partition coefficient (Wildman–Crippen LogP) is 3.83. The van der Waals surface area contributed by atoms with Crippen molar-refractivity contribution in [3.8, 4) is 5.69 Å². The van der Waals surface area contributed by atoms with E-state index < -0.39 is 0 Å². The van der Waals surface area contributed by atoms with Gasteiger partial charge in [0.2, 0.25) is 5.69 Å². The van der Waals surface area contributed by atoms with Crippen LogP contribution < -0.4 is 4.57 Å². The van der Waals surface area contributed by atoms with Crippen LogP contribution in [0.25, 0.3) is 5.69 Å². The van der Waals surface area contributed by atoms with E-state index in [0.717, 1.165) is 55.2 Å². The fourth-order valence-corrected chi connectivity index (χ4v) is 4.76. The van der Waals surface area contributed by atoms with Gasteiger partial charge in [0.15, 0.2) is 18.2 Å². The van der Waals surface area contributed by atoms with Crippen molar-refractivity contribution in [3.63, 3.8) is 0 Å². The zero-order valence-corrected chi connectivity index (χ0v) is 21.7. The van der Waals surface area contributed by atoms with Crippen LogP contribution >= 0.6 is 0 Å². The normalized spacial score (nSPS) is 14.5. The summed E-state index contributed by atoms with van der Waals surface area (Å²) < 4.78 is 2.03. The van der Waals surface area contributed by atoms with Gasteiger partial charge in [0.1, 0.15) is 5.69 Å². The van der Waals surface area contributed by atoms with Crippen LogP contribution in [0, 0.1) is 6.92 Å². The molecule has 2 aromatic carbocycles. The molecule has 1 aliphatic rings. The van der Waals surface area contributed by atoms with Gasteiger partial charge in [-0.1, -0.05) is 42.5 Å². The van der Waals surface area contributed by atoms with Crippen molar-refractivity contribution in [2.75, 3.05) is 33.2 Å². The number of Topliss-reactive ketones (excluding diaryl/α,β-unsaturated/α-hetero) is 1. The number of aryl methyl sites for hydroxylation is 1. The molecule has 2 aromatic heterocycles. The fraction of sp³-hybridized carbons (Fsp3) is 0.290. The van der Waals surface area contributed by atoms with Crippen molar-refractivity contribution < 1.29 is 9.36 Å². The lowest BCUT2D eigenvalue weighted by atomic mass is 9.96. The van der Waals surface area contributed by atoms with E-state index in [4.69, 9.17) is 0 Å². The minimum absolute atomic E-state index is 0.146. The first-order chi connectivity index (χ1) is 18.0. The second-order valence-corrected chi connectivity index (χ2v) is 9.98. The van der Waals surface area contributed by atoms with Crippen LogP contribution in [0.3, 0.4) is 0 Å². The topological polar surface area (TPSA) is 53.2 Å². The molecule has 1 fully saturated rings. The standard InChI is InChI=1S/C31H34N5O/c1-24-5-6-26(18-28(24)20-29-23-36(13-12-33-29)30-4-3-11-32-21-30)19-31(37)27-9-7-25(8-10-27)22-35-16-14-34(2)15-17-35/h3-13,18,21,23H,14-17,19-20,22H2,1-2H3/q+1. The van der Waals surface area contributed by atoms with Crippen LogP contribution in [0.2, 0.25) is 0 Å². The molecule has 0 aliphatic carbocycles. The third-order valence-corrected chi connectivity index (χ3v) is 7.13.